The zero-order valence-electron chi connectivity index (χ0n) is 13.4. The average molecular weight is 298 g/mol. The molecule has 2 aliphatic rings. The van der Waals surface area contributed by atoms with Crippen molar-refractivity contribution in [1.29, 1.82) is 0 Å². The molecule has 0 bridgehead atoms. The highest BCUT2D eigenvalue weighted by Crippen LogP contribution is 2.35. The number of rotatable bonds is 9. The second-order valence-electron chi connectivity index (χ2n) is 6.38. The van der Waals surface area contributed by atoms with Gasteiger partial charge in [-0.15, -0.1) is 0 Å². The molecule has 0 aromatic heterocycles. The van der Waals surface area contributed by atoms with Crippen LogP contribution in [0.1, 0.15) is 52.4 Å². The van der Waals surface area contributed by atoms with Crippen molar-refractivity contribution in [3.63, 3.8) is 0 Å². The normalized spacial score (nSPS) is 29.8. The molecule has 0 spiro atoms. The molecule has 0 radical (unpaired) electrons. The number of likely N-dealkylation sites (N-methyl/N-ethyl adjacent to an activating group) is 1. The van der Waals surface area contributed by atoms with Crippen LogP contribution in [0, 0.1) is 0 Å². The van der Waals surface area contributed by atoms with Crippen molar-refractivity contribution >= 4 is 5.97 Å². The van der Waals surface area contributed by atoms with E-state index in [1.165, 1.54) is 0 Å². The summed E-state index contributed by atoms with van der Waals surface area (Å²) in [7, 11) is 0. The summed E-state index contributed by atoms with van der Waals surface area (Å²) >= 11 is 0. The standard InChI is InChI=1S/C16H30N2O3/c1-3-18(10-11-21-4-2)14-6-5-9-16(12-14,15(19)20)17-13-7-8-13/h13-14,17H,3-12H2,1-2H3,(H,19,20). The number of carboxylic acid groups (broad SMARTS) is 1. The van der Waals surface area contributed by atoms with Gasteiger partial charge in [0.15, 0.2) is 0 Å². The second-order valence-corrected chi connectivity index (χ2v) is 6.38. The smallest absolute Gasteiger partial charge is 0.323 e. The Morgan fingerprint density at radius 3 is 2.71 bits per heavy atom. The fourth-order valence-electron chi connectivity index (χ4n) is 3.49. The molecular formula is C16H30N2O3. The van der Waals surface area contributed by atoms with Crippen LogP contribution in [0.3, 0.4) is 0 Å². The van der Waals surface area contributed by atoms with Crippen molar-refractivity contribution < 1.29 is 14.6 Å². The molecule has 2 saturated carbocycles. The molecule has 5 heteroatoms. The second kappa shape index (κ2) is 7.56. The number of hydrogen-bond donors (Lipinski definition) is 2. The number of hydrogen-bond acceptors (Lipinski definition) is 4. The van der Waals surface area contributed by atoms with Gasteiger partial charge in [-0.25, -0.2) is 0 Å². The molecule has 0 saturated heterocycles. The maximum atomic E-state index is 11.9. The predicted molar refractivity (Wildman–Crippen MR) is 82.5 cm³/mol. The quantitative estimate of drug-likeness (QED) is 0.636. The minimum Gasteiger partial charge on any atom is -0.480 e. The van der Waals surface area contributed by atoms with Crippen LogP contribution in [0.2, 0.25) is 0 Å². The van der Waals surface area contributed by atoms with Crippen LogP contribution in [0.25, 0.3) is 0 Å². The van der Waals surface area contributed by atoms with E-state index in [2.05, 4.69) is 17.1 Å². The number of ether oxygens (including phenoxy) is 1. The van der Waals surface area contributed by atoms with Crippen molar-refractivity contribution in [2.75, 3.05) is 26.3 Å². The number of aliphatic carboxylic acids is 1. The first kappa shape index (κ1) is 16.7. The molecule has 2 aliphatic carbocycles. The Labute approximate surface area is 128 Å². The average Bonchev–Trinajstić information content (AvgIpc) is 3.27. The van der Waals surface area contributed by atoms with Gasteiger partial charge in [0.05, 0.1) is 6.61 Å². The maximum Gasteiger partial charge on any atom is 0.323 e. The van der Waals surface area contributed by atoms with Crippen molar-refractivity contribution in [2.45, 2.75) is 70.0 Å². The summed E-state index contributed by atoms with van der Waals surface area (Å²) < 4.78 is 5.46. The Balaban J connectivity index is 1.97. The summed E-state index contributed by atoms with van der Waals surface area (Å²) in [4.78, 5) is 14.2. The summed E-state index contributed by atoms with van der Waals surface area (Å²) in [6.07, 6.45) is 5.82. The Kier molecular flexibility index (Phi) is 6.02. The van der Waals surface area contributed by atoms with E-state index in [1.807, 2.05) is 6.92 Å². The van der Waals surface area contributed by atoms with E-state index in [1.54, 1.807) is 0 Å². The SMILES string of the molecule is CCOCCN(CC)C1CCCC(NC2CC2)(C(=O)O)C1. The highest BCUT2D eigenvalue weighted by molar-refractivity contribution is 5.79. The van der Waals surface area contributed by atoms with Crippen LogP contribution in [0.4, 0.5) is 0 Å². The number of nitrogens with one attached hydrogen (secondary N) is 1. The fourth-order valence-corrected chi connectivity index (χ4v) is 3.49. The molecule has 2 atom stereocenters. The molecule has 2 fully saturated rings. The van der Waals surface area contributed by atoms with Gasteiger partial charge in [-0.1, -0.05) is 6.92 Å². The lowest BCUT2D eigenvalue weighted by Gasteiger charge is -2.42. The van der Waals surface area contributed by atoms with E-state index in [0.717, 1.165) is 64.8 Å². The first-order chi connectivity index (χ1) is 10.1. The largest absolute Gasteiger partial charge is 0.480 e. The molecule has 122 valence electrons. The maximum absolute atomic E-state index is 11.9. The van der Waals surface area contributed by atoms with Crippen LogP contribution < -0.4 is 5.32 Å². The van der Waals surface area contributed by atoms with Crippen molar-refractivity contribution in [3.8, 4) is 0 Å². The summed E-state index contributed by atoms with van der Waals surface area (Å²) in [5.41, 5.74) is -0.705. The van der Waals surface area contributed by atoms with Crippen LogP contribution in [0.5, 0.6) is 0 Å². The van der Waals surface area contributed by atoms with Crippen LogP contribution in [-0.4, -0.2) is 59.9 Å². The minimum atomic E-state index is -0.705. The Hall–Kier alpha value is -0.650. The van der Waals surface area contributed by atoms with Gasteiger partial charge in [0.1, 0.15) is 5.54 Å². The lowest BCUT2D eigenvalue weighted by molar-refractivity contribution is -0.147. The number of carboxylic acids is 1. The van der Waals surface area contributed by atoms with Gasteiger partial charge < -0.3 is 9.84 Å². The van der Waals surface area contributed by atoms with E-state index in [9.17, 15) is 9.90 Å². The number of nitrogens with zero attached hydrogens (tertiary/aromatic N) is 1. The third-order valence-corrected chi connectivity index (χ3v) is 4.84. The molecule has 0 aliphatic heterocycles. The van der Waals surface area contributed by atoms with Crippen LogP contribution in [-0.2, 0) is 9.53 Å². The summed E-state index contributed by atoms with van der Waals surface area (Å²) in [6.45, 7) is 7.48. The summed E-state index contributed by atoms with van der Waals surface area (Å²) in [5.74, 6) is -0.667. The topological polar surface area (TPSA) is 61.8 Å². The lowest BCUT2D eigenvalue weighted by atomic mass is 9.78. The summed E-state index contributed by atoms with van der Waals surface area (Å²) in [6, 6.07) is 0.782. The van der Waals surface area contributed by atoms with Crippen molar-refractivity contribution in [3.05, 3.63) is 0 Å². The predicted octanol–water partition coefficient (Wildman–Crippen LogP) is 1.86. The van der Waals surface area contributed by atoms with Gasteiger partial charge in [-0.3, -0.25) is 15.0 Å². The molecule has 0 heterocycles. The van der Waals surface area contributed by atoms with Gasteiger partial charge in [0.2, 0.25) is 0 Å². The van der Waals surface area contributed by atoms with E-state index in [-0.39, 0.29) is 0 Å². The van der Waals surface area contributed by atoms with Gasteiger partial charge in [0, 0.05) is 25.2 Å². The van der Waals surface area contributed by atoms with E-state index in [0.29, 0.717) is 12.1 Å². The van der Waals surface area contributed by atoms with E-state index >= 15 is 0 Å². The van der Waals surface area contributed by atoms with Crippen LogP contribution >= 0.6 is 0 Å². The molecule has 0 aromatic rings. The van der Waals surface area contributed by atoms with Gasteiger partial charge >= 0.3 is 5.97 Å². The molecule has 5 nitrogen and oxygen atoms in total. The molecule has 21 heavy (non-hydrogen) atoms. The van der Waals surface area contributed by atoms with Gasteiger partial charge in [0.25, 0.3) is 0 Å². The minimum absolute atomic E-state index is 0.353. The molecule has 2 unspecified atom stereocenters. The Bertz CT molecular complexity index is 346. The molecule has 2 rings (SSSR count). The highest BCUT2D eigenvalue weighted by atomic mass is 16.5. The molecular weight excluding hydrogens is 268 g/mol. The van der Waals surface area contributed by atoms with Gasteiger partial charge in [-0.05, 0) is 52.0 Å². The molecule has 2 N–H and O–H groups in total. The fraction of sp³-hybridized carbons (Fsp3) is 0.938. The third-order valence-electron chi connectivity index (χ3n) is 4.84. The third kappa shape index (κ3) is 4.41. The summed E-state index contributed by atoms with van der Waals surface area (Å²) in [5, 5.41) is 13.2. The Morgan fingerprint density at radius 2 is 2.14 bits per heavy atom. The molecule has 0 aromatic carbocycles. The first-order valence-corrected chi connectivity index (χ1v) is 8.44. The van der Waals surface area contributed by atoms with Crippen LogP contribution in [0.15, 0.2) is 0 Å². The van der Waals surface area contributed by atoms with Gasteiger partial charge in [-0.2, -0.15) is 0 Å². The Morgan fingerprint density at radius 1 is 1.38 bits per heavy atom. The highest BCUT2D eigenvalue weighted by Gasteiger charge is 2.46. The lowest BCUT2D eigenvalue weighted by Crippen LogP contribution is -2.59. The first-order valence-electron chi connectivity index (χ1n) is 8.44. The molecule has 0 amide bonds. The van der Waals surface area contributed by atoms with Crippen molar-refractivity contribution in [2.24, 2.45) is 0 Å². The number of carbonyl (C=O) groups is 1. The monoisotopic (exact) mass is 298 g/mol. The van der Waals surface area contributed by atoms with Crippen molar-refractivity contribution in [1.82, 2.24) is 10.2 Å². The zero-order chi connectivity index (χ0) is 15.3. The zero-order valence-corrected chi connectivity index (χ0v) is 13.4. The van der Waals surface area contributed by atoms with E-state index in [4.69, 9.17) is 4.74 Å². The van der Waals surface area contributed by atoms with E-state index < -0.39 is 11.5 Å².